The molecule has 2 aliphatic rings. The van der Waals surface area contributed by atoms with Crippen molar-refractivity contribution in [2.75, 3.05) is 58.3 Å². The summed E-state index contributed by atoms with van der Waals surface area (Å²) in [6, 6.07) is 20.2. The van der Waals surface area contributed by atoms with Gasteiger partial charge in [-0.1, -0.05) is 71.9 Å². The number of fused-ring (bicyclic) bond motifs is 1. The van der Waals surface area contributed by atoms with Crippen LogP contribution in [-0.2, 0) is 21.0 Å². The highest BCUT2D eigenvalue weighted by molar-refractivity contribution is 6.13. The molecule has 1 atom stereocenters. The van der Waals surface area contributed by atoms with Crippen molar-refractivity contribution < 1.29 is 14.6 Å². The maximum atomic E-state index is 15.3. The lowest BCUT2D eigenvalue weighted by molar-refractivity contribution is -0.120. The number of benzene rings is 3. The predicted molar refractivity (Wildman–Crippen MR) is 180 cm³/mol. The highest BCUT2D eigenvalue weighted by Gasteiger charge is 2.56. The normalized spacial score (nSPS) is 19.2. The molecule has 1 fully saturated rings. The number of aromatic hydroxyl groups is 1. The monoisotopic (exact) mass is 597 g/mol. The van der Waals surface area contributed by atoms with Crippen molar-refractivity contribution in [1.29, 1.82) is 0 Å². The van der Waals surface area contributed by atoms with Crippen molar-refractivity contribution in [2.24, 2.45) is 0 Å². The topological polar surface area (TPSA) is 56.3 Å². The molecule has 5 rings (SSSR count). The van der Waals surface area contributed by atoms with Crippen LogP contribution in [0.1, 0.15) is 82.2 Å². The lowest BCUT2D eigenvalue weighted by Crippen LogP contribution is -2.44. The Hall–Kier alpha value is -3.35. The highest BCUT2D eigenvalue weighted by atomic mass is 16.5. The Morgan fingerprint density at radius 3 is 2.07 bits per heavy atom. The number of amides is 1. The molecule has 236 valence electrons. The van der Waals surface area contributed by atoms with Gasteiger partial charge in [0.1, 0.15) is 23.5 Å². The first kappa shape index (κ1) is 32.1. The Bertz CT molecular complexity index is 1490. The van der Waals surface area contributed by atoms with Gasteiger partial charge in [0.05, 0.1) is 0 Å². The third-order valence-corrected chi connectivity index (χ3v) is 9.32. The van der Waals surface area contributed by atoms with Crippen molar-refractivity contribution in [2.45, 2.75) is 70.6 Å². The molecule has 0 spiro atoms. The molecule has 6 heteroatoms. The van der Waals surface area contributed by atoms with Gasteiger partial charge in [0.2, 0.25) is 5.91 Å². The first-order valence-corrected chi connectivity index (χ1v) is 16.1. The Morgan fingerprint density at radius 1 is 0.818 bits per heavy atom. The zero-order valence-electron chi connectivity index (χ0n) is 28.0. The lowest BCUT2D eigenvalue weighted by atomic mass is 9.67. The van der Waals surface area contributed by atoms with Crippen LogP contribution in [-0.4, -0.2) is 74.2 Å². The fraction of sp³-hybridized carbons (Fsp3) is 0.500. The van der Waals surface area contributed by atoms with E-state index in [4.69, 9.17) is 4.74 Å². The zero-order valence-corrected chi connectivity index (χ0v) is 28.0. The van der Waals surface area contributed by atoms with E-state index in [1.54, 1.807) is 6.07 Å². The summed E-state index contributed by atoms with van der Waals surface area (Å²) in [5, 5.41) is 11.7. The molecule has 3 aromatic carbocycles. The first-order valence-electron chi connectivity index (χ1n) is 16.1. The third kappa shape index (κ3) is 5.99. The van der Waals surface area contributed by atoms with E-state index in [1.165, 1.54) is 12.8 Å². The van der Waals surface area contributed by atoms with Crippen molar-refractivity contribution >= 4 is 11.6 Å². The van der Waals surface area contributed by atoms with Gasteiger partial charge in [-0.2, -0.15) is 0 Å². The summed E-state index contributed by atoms with van der Waals surface area (Å²) in [6.45, 7) is 17.9. The first-order chi connectivity index (χ1) is 20.7. The second kappa shape index (κ2) is 12.2. The Labute approximate surface area is 264 Å². The van der Waals surface area contributed by atoms with E-state index >= 15 is 4.79 Å². The molecular formula is C38H51N3O3. The Morgan fingerprint density at radius 2 is 1.43 bits per heavy atom. The molecule has 2 aliphatic heterocycles. The van der Waals surface area contributed by atoms with E-state index in [-0.39, 0.29) is 22.5 Å². The highest BCUT2D eigenvalue weighted by Crippen LogP contribution is 2.55. The van der Waals surface area contributed by atoms with Crippen LogP contribution in [0.25, 0.3) is 0 Å². The Kier molecular flexibility index (Phi) is 8.90. The van der Waals surface area contributed by atoms with E-state index in [1.807, 2.05) is 49.3 Å². The number of phenols is 1. The number of nitrogens with zero attached hydrogens (tertiary/aromatic N) is 3. The summed E-state index contributed by atoms with van der Waals surface area (Å²) in [6.07, 6.45) is 2.46. The number of rotatable bonds is 9. The number of anilines is 1. The van der Waals surface area contributed by atoms with E-state index in [9.17, 15) is 5.11 Å². The third-order valence-electron chi connectivity index (χ3n) is 9.32. The quantitative estimate of drug-likeness (QED) is 0.297. The van der Waals surface area contributed by atoms with Crippen LogP contribution < -0.4 is 9.64 Å². The number of hydrogen-bond donors (Lipinski definition) is 1. The maximum Gasteiger partial charge on any atom is 0.247 e. The zero-order chi connectivity index (χ0) is 31.9. The second-order valence-electron chi connectivity index (χ2n) is 14.9. The smallest absolute Gasteiger partial charge is 0.247 e. The van der Waals surface area contributed by atoms with Crippen molar-refractivity contribution in [1.82, 2.24) is 9.80 Å². The lowest BCUT2D eigenvalue weighted by Gasteiger charge is -2.35. The molecule has 6 nitrogen and oxygen atoms in total. The predicted octanol–water partition coefficient (Wildman–Crippen LogP) is 6.70. The number of ether oxygens (including phenoxy) is 1. The van der Waals surface area contributed by atoms with Crippen LogP contribution >= 0.6 is 0 Å². The standard InChI is InChI=1S/C38H51N3O3/c1-36(2,3)27-15-17-33(42)30(25-27)38(29-13-9-10-14-32(29)41(35(38)43)22-21-39(7)8)31-26-28(37(4,5)6)16-18-34(31)44-24-23-40-19-11-12-20-40/h9-10,13-18,25-26,42H,11-12,19-24H2,1-8H3. The van der Waals surface area contributed by atoms with Gasteiger partial charge in [0.25, 0.3) is 0 Å². The van der Waals surface area contributed by atoms with Gasteiger partial charge in [0, 0.05) is 42.0 Å². The van der Waals surface area contributed by atoms with Crippen LogP contribution in [0.5, 0.6) is 11.5 Å². The summed E-state index contributed by atoms with van der Waals surface area (Å²) in [5.74, 6) is 0.743. The van der Waals surface area contributed by atoms with Gasteiger partial charge in [-0.05, 0) is 92.3 Å². The number of phenolic OH excluding ortho intramolecular Hbond substituents is 1. The number of likely N-dealkylation sites (N-methyl/N-ethyl adjacent to an activating group) is 1. The molecule has 1 N–H and O–H groups in total. The molecule has 2 heterocycles. The molecule has 0 aliphatic carbocycles. The van der Waals surface area contributed by atoms with Gasteiger partial charge >= 0.3 is 0 Å². The van der Waals surface area contributed by atoms with Crippen LogP contribution in [0.2, 0.25) is 0 Å². The largest absolute Gasteiger partial charge is 0.508 e. The summed E-state index contributed by atoms with van der Waals surface area (Å²) < 4.78 is 6.66. The number of likely N-dealkylation sites (tertiary alicyclic amines) is 1. The van der Waals surface area contributed by atoms with Crippen LogP contribution in [0, 0.1) is 0 Å². The van der Waals surface area contributed by atoms with Crippen LogP contribution in [0.3, 0.4) is 0 Å². The van der Waals surface area contributed by atoms with Gasteiger partial charge in [0.15, 0.2) is 0 Å². The van der Waals surface area contributed by atoms with Gasteiger partial charge in [-0.25, -0.2) is 0 Å². The molecule has 1 amide bonds. The minimum Gasteiger partial charge on any atom is -0.508 e. The van der Waals surface area contributed by atoms with Crippen molar-refractivity contribution in [3.63, 3.8) is 0 Å². The summed E-state index contributed by atoms with van der Waals surface area (Å²) >= 11 is 0. The summed E-state index contributed by atoms with van der Waals surface area (Å²) in [4.78, 5) is 21.8. The molecule has 0 saturated carbocycles. The van der Waals surface area contributed by atoms with E-state index in [2.05, 4.69) is 75.6 Å². The molecule has 3 aromatic rings. The van der Waals surface area contributed by atoms with E-state index < -0.39 is 5.41 Å². The van der Waals surface area contributed by atoms with E-state index in [0.29, 0.717) is 31.0 Å². The fourth-order valence-electron chi connectivity index (χ4n) is 6.65. The number of para-hydroxylation sites is 1. The number of hydrogen-bond acceptors (Lipinski definition) is 5. The molecule has 0 bridgehead atoms. The van der Waals surface area contributed by atoms with Crippen LogP contribution in [0.4, 0.5) is 5.69 Å². The maximum absolute atomic E-state index is 15.3. The SMILES string of the molecule is CN(C)CCN1C(=O)C(c2cc(C(C)(C)C)ccc2O)(c2cc(C(C)(C)C)ccc2OCCN2CCCC2)c2ccccc21. The van der Waals surface area contributed by atoms with Crippen molar-refractivity contribution in [3.05, 3.63) is 88.5 Å². The van der Waals surface area contributed by atoms with Crippen LogP contribution in [0.15, 0.2) is 60.7 Å². The Balaban J connectivity index is 1.80. The molecule has 44 heavy (non-hydrogen) atoms. The minimum absolute atomic E-state index is 0.0580. The molecule has 1 unspecified atom stereocenters. The number of carbonyl (C=O) groups is 1. The minimum atomic E-state index is -1.29. The van der Waals surface area contributed by atoms with Crippen molar-refractivity contribution in [3.8, 4) is 11.5 Å². The average molecular weight is 598 g/mol. The summed E-state index contributed by atoms with van der Waals surface area (Å²) in [7, 11) is 4.05. The van der Waals surface area contributed by atoms with Gasteiger partial charge < -0.3 is 19.6 Å². The van der Waals surface area contributed by atoms with E-state index in [0.717, 1.165) is 47.6 Å². The second-order valence-corrected chi connectivity index (χ2v) is 14.9. The molecule has 1 saturated heterocycles. The van der Waals surface area contributed by atoms with Gasteiger partial charge in [-0.15, -0.1) is 0 Å². The fourth-order valence-corrected chi connectivity index (χ4v) is 6.65. The molecular weight excluding hydrogens is 546 g/mol. The van der Waals surface area contributed by atoms with Gasteiger partial charge in [-0.3, -0.25) is 9.69 Å². The molecule has 0 radical (unpaired) electrons. The average Bonchev–Trinajstić information content (AvgIpc) is 3.56. The molecule has 0 aromatic heterocycles. The number of carbonyl (C=O) groups excluding carboxylic acids is 1. The summed E-state index contributed by atoms with van der Waals surface area (Å²) in [5.41, 5.74) is 3.68.